The van der Waals surface area contributed by atoms with Crippen molar-refractivity contribution in [2.45, 2.75) is 6.61 Å². The molecule has 4 rings (SSSR count). The summed E-state index contributed by atoms with van der Waals surface area (Å²) in [5.41, 5.74) is 4.59. The van der Waals surface area contributed by atoms with E-state index in [-0.39, 0.29) is 18.2 Å². The summed E-state index contributed by atoms with van der Waals surface area (Å²) in [7, 11) is 0. The average Bonchev–Trinajstić information content (AvgIpc) is 3.18. The smallest absolute Gasteiger partial charge is 0.307 e. The average molecular weight is 672 g/mol. The number of hydrogen-bond acceptors (Lipinski definition) is 4. The molecule has 4 aromatic rings. The lowest BCUT2D eigenvalue weighted by Crippen LogP contribution is -2.16. The molecule has 1 heterocycles. The fourth-order valence-electron chi connectivity index (χ4n) is 2.91. The van der Waals surface area contributed by atoms with Crippen LogP contribution in [0.15, 0.2) is 79.1 Å². The molecule has 1 aromatic heterocycles. The van der Waals surface area contributed by atoms with Crippen molar-refractivity contribution >= 4 is 77.5 Å². The van der Waals surface area contributed by atoms with E-state index in [1.165, 1.54) is 18.3 Å². The molecule has 0 fully saturated rings. The number of carbonyl (C=O) groups excluding carboxylic acids is 1. The number of carbonyl (C=O) groups is 1. The number of hydrogen-bond donors (Lipinski definition) is 1. The third kappa shape index (κ3) is 5.57. The zero-order valence-corrected chi connectivity index (χ0v) is 21.6. The predicted molar refractivity (Wildman–Crippen MR) is 137 cm³/mol. The highest BCUT2D eigenvalue weighted by Crippen LogP contribution is 2.31. The number of fused-ring (bicyclic) bond motifs is 1. The van der Waals surface area contributed by atoms with E-state index in [4.69, 9.17) is 9.15 Å². The maximum atomic E-state index is 13.3. The highest BCUT2D eigenvalue weighted by molar-refractivity contribution is 14.1. The molecule has 0 saturated heterocycles. The molecule has 3 aromatic carbocycles. The van der Waals surface area contributed by atoms with Gasteiger partial charge in [-0.25, -0.2) is 9.82 Å². The van der Waals surface area contributed by atoms with Crippen LogP contribution in [0.3, 0.4) is 0 Å². The van der Waals surface area contributed by atoms with Crippen molar-refractivity contribution in [3.8, 4) is 5.75 Å². The van der Waals surface area contributed by atoms with Gasteiger partial charge in [0.05, 0.1) is 14.3 Å². The van der Waals surface area contributed by atoms with E-state index in [0.717, 1.165) is 29.0 Å². The standard InChI is InChI=1S/C23H14Br2FIN2O3/c24-16-8-15-9-21(32-22(15)18(25)10-16)23(30)29-28-11-13-4-5-20(19(27)7-13)31-12-14-2-1-3-17(26)6-14/h1-11H,12H2,(H,29,30)/b28-11-. The van der Waals surface area contributed by atoms with Gasteiger partial charge < -0.3 is 9.15 Å². The van der Waals surface area contributed by atoms with Gasteiger partial charge in [-0.05, 0) is 98.2 Å². The van der Waals surface area contributed by atoms with E-state index >= 15 is 0 Å². The normalized spacial score (nSPS) is 11.2. The molecule has 1 N–H and O–H groups in total. The van der Waals surface area contributed by atoms with Crippen molar-refractivity contribution in [2.24, 2.45) is 5.10 Å². The summed E-state index contributed by atoms with van der Waals surface area (Å²) in [5.74, 6) is 0.0875. The summed E-state index contributed by atoms with van der Waals surface area (Å²) in [5, 5.41) is 4.81. The van der Waals surface area contributed by atoms with E-state index < -0.39 is 5.91 Å². The van der Waals surface area contributed by atoms with Gasteiger partial charge in [0.25, 0.3) is 0 Å². The van der Waals surface area contributed by atoms with Crippen LogP contribution in [0.2, 0.25) is 0 Å². The summed E-state index contributed by atoms with van der Waals surface area (Å²) in [6, 6.07) is 17.1. The van der Waals surface area contributed by atoms with Crippen molar-refractivity contribution in [3.63, 3.8) is 0 Å². The van der Waals surface area contributed by atoms with Crippen molar-refractivity contribution in [1.29, 1.82) is 0 Å². The number of nitrogens with one attached hydrogen (secondary N) is 1. The van der Waals surface area contributed by atoms with Crippen LogP contribution in [0, 0.1) is 9.39 Å². The second-order valence-electron chi connectivity index (χ2n) is 6.72. The molecule has 0 aliphatic carbocycles. The summed E-state index contributed by atoms with van der Waals surface area (Å²) < 4.78 is 27.2. The monoisotopic (exact) mass is 670 g/mol. The van der Waals surface area contributed by atoms with Crippen LogP contribution < -0.4 is 10.2 Å². The molecular formula is C23H14Br2FIN2O3. The Morgan fingerprint density at radius 1 is 1.16 bits per heavy atom. The molecule has 5 nitrogen and oxygen atoms in total. The number of hydrazone groups is 1. The third-order valence-electron chi connectivity index (χ3n) is 4.38. The molecule has 9 heteroatoms. The van der Waals surface area contributed by atoms with Crippen LogP contribution in [-0.2, 0) is 6.61 Å². The summed E-state index contributed by atoms with van der Waals surface area (Å²) >= 11 is 8.98. The van der Waals surface area contributed by atoms with Crippen LogP contribution in [0.1, 0.15) is 21.7 Å². The van der Waals surface area contributed by atoms with Crippen molar-refractivity contribution in [3.05, 3.63) is 95.9 Å². The topological polar surface area (TPSA) is 63.8 Å². The first-order chi connectivity index (χ1) is 15.4. The molecule has 0 spiro atoms. The van der Waals surface area contributed by atoms with Crippen molar-refractivity contribution < 1.29 is 18.3 Å². The van der Waals surface area contributed by atoms with Gasteiger partial charge in [0.2, 0.25) is 0 Å². The van der Waals surface area contributed by atoms with Gasteiger partial charge in [-0.2, -0.15) is 5.10 Å². The first kappa shape index (κ1) is 22.9. The van der Waals surface area contributed by atoms with Gasteiger partial charge in [0.1, 0.15) is 23.8 Å². The number of furan rings is 1. The second kappa shape index (κ2) is 10.1. The van der Waals surface area contributed by atoms with Crippen LogP contribution in [-0.4, -0.2) is 12.1 Å². The lowest BCUT2D eigenvalue weighted by Gasteiger charge is -2.09. The molecule has 0 saturated carbocycles. The van der Waals surface area contributed by atoms with Crippen LogP contribution in [0.4, 0.5) is 4.39 Å². The van der Waals surface area contributed by atoms with Crippen LogP contribution in [0.25, 0.3) is 11.0 Å². The molecule has 0 aliphatic heterocycles. The minimum absolute atomic E-state index is 0.159. The molecule has 0 aliphatic rings. The lowest BCUT2D eigenvalue weighted by molar-refractivity contribution is 0.0929. The van der Waals surface area contributed by atoms with E-state index in [9.17, 15) is 9.18 Å². The Kier molecular flexibility index (Phi) is 7.27. The molecule has 32 heavy (non-hydrogen) atoms. The number of ether oxygens (including phenoxy) is 1. The zero-order chi connectivity index (χ0) is 22.7. The van der Waals surface area contributed by atoms with Gasteiger partial charge in [0, 0.05) is 9.86 Å². The molecule has 0 unspecified atom stereocenters. The first-order valence-corrected chi connectivity index (χ1v) is 11.9. The van der Waals surface area contributed by atoms with Gasteiger partial charge in [-0.3, -0.25) is 4.79 Å². The minimum atomic E-state index is -0.454. The lowest BCUT2D eigenvalue weighted by atomic mass is 10.2. The van der Waals surface area contributed by atoms with Gasteiger partial charge >= 0.3 is 5.91 Å². The van der Waals surface area contributed by atoms with E-state index in [0.29, 0.717) is 11.3 Å². The van der Waals surface area contributed by atoms with Gasteiger partial charge in [0.15, 0.2) is 5.76 Å². The van der Waals surface area contributed by atoms with Crippen molar-refractivity contribution in [2.75, 3.05) is 0 Å². The summed E-state index contributed by atoms with van der Waals surface area (Å²) in [4.78, 5) is 12.4. The largest absolute Gasteiger partial charge is 0.488 e. The molecule has 162 valence electrons. The van der Waals surface area contributed by atoms with Gasteiger partial charge in [-0.15, -0.1) is 0 Å². The highest BCUT2D eigenvalue weighted by Gasteiger charge is 2.14. The Morgan fingerprint density at radius 2 is 2.00 bits per heavy atom. The quantitative estimate of drug-likeness (QED) is 0.136. The Morgan fingerprint density at radius 3 is 2.78 bits per heavy atom. The maximum Gasteiger partial charge on any atom is 0.307 e. The molecular weight excluding hydrogens is 658 g/mol. The number of halogens is 4. The minimum Gasteiger partial charge on any atom is -0.488 e. The van der Waals surface area contributed by atoms with Crippen LogP contribution in [0.5, 0.6) is 5.75 Å². The van der Waals surface area contributed by atoms with Crippen molar-refractivity contribution in [1.82, 2.24) is 5.43 Å². The molecule has 0 bridgehead atoms. The fourth-order valence-corrected chi connectivity index (χ4v) is 4.94. The van der Waals surface area contributed by atoms with Gasteiger partial charge in [-0.1, -0.05) is 28.1 Å². The van der Waals surface area contributed by atoms with E-state index in [1.54, 1.807) is 24.3 Å². The summed E-state index contributed by atoms with van der Waals surface area (Å²) in [6.45, 7) is 0.265. The molecule has 0 radical (unpaired) electrons. The first-order valence-electron chi connectivity index (χ1n) is 9.28. The number of rotatable bonds is 6. The van der Waals surface area contributed by atoms with E-state index in [2.05, 4.69) is 65.0 Å². The van der Waals surface area contributed by atoms with Crippen LogP contribution >= 0.6 is 54.5 Å². The Labute approximate surface area is 213 Å². The Bertz CT molecular complexity index is 1340. The highest BCUT2D eigenvalue weighted by atomic mass is 127. The maximum absolute atomic E-state index is 13.3. The number of nitrogens with zero attached hydrogens (tertiary/aromatic N) is 1. The SMILES string of the molecule is O=C(N/N=C\c1ccc(OCc2cccc(F)c2)c(I)c1)c1cc2cc(Br)cc(Br)c2o1. The second-order valence-corrected chi connectivity index (χ2v) is 9.66. The number of benzene rings is 3. The fraction of sp³-hybridized carbons (Fsp3) is 0.0435. The summed E-state index contributed by atoms with van der Waals surface area (Å²) in [6.07, 6.45) is 1.53. The molecule has 0 atom stereocenters. The predicted octanol–water partition coefficient (Wildman–Crippen LogP) is 7.04. The molecule has 1 amide bonds. The Balaban J connectivity index is 1.38. The number of amides is 1. The third-order valence-corrected chi connectivity index (χ3v) is 6.27. The van der Waals surface area contributed by atoms with E-state index in [1.807, 2.05) is 24.3 Å². The Hall–Kier alpha value is -2.24. The zero-order valence-electron chi connectivity index (χ0n) is 16.2.